The van der Waals surface area contributed by atoms with Crippen LogP contribution in [0.1, 0.15) is 29.9 Å². The van der Waals surface area contributed by atoms with Crippen LogP contribution >= 0.6 is 0 Å². The van der Waals surface area contributed by atoms with Crippen LogP contribution in [0.5, 0.6) is 0 Å². The Balaban J connectivity index is 2.75. The number of carbonyl (C=O) groups is 1. The fraction of sp³-hybridized carbons (Fsp3) is 0.500. The van der Waals surface area contributed by atoms with E-state index in [1.165, 1.54) is 0 Å². The number of aliphatic hydroxyl groups excluding tert-OH is 1. The molecule has 17 heavy (non-hydrogen) atoms. The highest BCUT2D eigenvalue weighted by atomic mass is 16.3. The van der Waals surface area contributed by atoms with Crippen LogP contribution in [-0.2, 0) is 6.54 Å². The Morgan fingerprint density at radius 2 is 2.29 bits per heavy atom. The van der Waals surface area contributed by atoms with Crippen LogP contribution in [0, 0.1) is 5.92 Å². The molecule has 0 saturated carbocycles. The van der Waals surface area contributed by atoms with Gasteiger partial charge in [0.1, 0.15) is 0 Å². The lowest BCUT2D eigenvalue weighted by Gasteiger charge is -2.19. The van der Waals surface area contributed by atoms with Crippen LogP contribution in [0.25, 0.3) is 0 Å². The van der Waals surface area contributed by atoms with Crippen molar-refractivity contribution in [2.24, 2.45) is 11.7 Å². The van der Waals surface area contributed by atoms with E-state index in [9.17, 15) is 4.79 Å². The lowest BCUT2D eigenvalue weighted by Crippen LogP contribution is -2.41. The lowest BCUT2D eigenvalue weighted by molar-refractivity contribution is 0.0896. The molecule has 1 rings (SSSR count). The molecule has 1 aromatic rings. The van der Waals surface area contributed by atoms with Gasteiger partial charge < -0.3 is 16.2 Å². The van der Waals surface area contributed by atoms with Crippen LogP contribution in [0.15, 0.2) is 18.3 Å². The fourth-order valence-electron chi connectivity index (χ4n) is 1.41. The average molecular weight is 237 g/mol. The Morgan fingerprint density at radius 3 is 2.82 bits per heavy atom. The SMILES string of the molecule is CC(C)[C@@H](CO)NC(=O)c1ccnc(CN)c1. The molecule has 0 aromatic carbocycles. The normalized spacial score (nSPS) is 12.5. The molecule has 0 aliphatic rings. The zero-order valence-corrected chi connectivity index (χ0v) is 10.2. The third-order valence-electron chi connectivity index (χ3n) is 2.61. The molecule has 0 spiro atoms. The molecular formula is C12H19N3O2. The highest BCUT2D eigenvalue weighted by molar-refractivity contribution is 5.94. The summed E-state index contributed by atoms with van der Waals surface area (Å²) in [5.74, 6) is -0.0328. The predicted molar refractivity (Wildman–Crippen MR) is 65.3 cm³/mol. The van der Waals surface area contributed by atoms with Crippen molar-refractivity contribution >= 4 is 5.91 Å². The number of aromatic nitrogens is 1. The summed E-state index contributed by atoms with van der Waals surface area (Å²) in [6.45, 7) is 4.12. The molecule has 0 aliphatic carbocycles. The topological polar surface area (TPSA) is 88.2 Å². The molecule has 94 valence electrons. The Morgan fingerprint density at radius 1 is 1.59 bits per heavy atom. The molecule has 0 aliphatic heterocycles. The van der Waals surface area contributed by atoms with E-state index >= 15 is 0 Å². The summed E-state index contributed by atoms with van der Waals surface area (Å²) in [5, 5.41) is 11.9. The van der Waals surface area contributed by atoms with Gasteiger partial charge in [-0.25, -0.2) is 0 Å². The maximum atomic E-state index is 11.9. The first-order chi connectivity index (χ1) is 8.08. The van der Waals surface area contributed by atoms with Crippen LogP contribution in [0.4, 0.5) is 0 Å². The summed E-state index contributed by atoms with van der Waals surface area (Å²) in [6.07, 6.45) is 1.56. The van der Waals surface area contributed by atoms with Gasteiger partial charge in [0.2, 0.25) is 0 Å². The van der Waals surface area contributed by atoms with Gasteiger partial charge >= 0.3 is 0 Å². The van der Waals surface area contributed by atoms with Gasteiger partial charge in [0.25, 0.3) is 5.91 Å². The van der Waals surface area contributed by atoms with E-state index in [1.54, 1.807) is 18.3 Å². The van der Waals surface area contributed by atoms with Gasteiger partial charge in [0, 0.05) is 18.3 Å². The van der Waals surface area contributed by atoms with Gasteiger partial charge in [0.05, 0.1) is 18.3 Å². The summed E-state index contributed by atoms with van der Waals surface area (Å²) in [4.78, 5) is 15.9. The molecule has 5 nitrogen and oxygen atoms in total. The Hall–Kier alpha value is -1.46. The number of hydrogen-bond donors (Lipinski definition) is 3. The minimum Gasteiger partial charge on any atom is -0.394 e. The quantitative estimate of drug-likeness (QED) is 0.686. The van der Waals surface area contributed by atoms with Gasteiger partial charge in [-0.3, -0.25) is 9.78 Å². The highest BCUT2D eigenvalue weighted by Gasteiger charge is 2.16. The Kier molecular flexibility index (Phi) is 5.06. The second-order valence-electron chi connectivity index (χ2n) is 4.25. The minimum absolute atomic E-state index is 0.0712. The van der Waals surface area contributed by atoms with E-state index in [0.717, 1.165) is 0 Å². The summed E-state index contributed by atoms with van der Waals surface area (Å²) in [5.41, 5.74) is 6.64. The van der Waals surface area contributed by atoms with Crippen LogP contribution in [0.3, 0.4) is 0 Å². The van der Waals surface area contributed by atoms with Crippen molar-refractivity contribution < 1.29 is 9.90 Å². The highest BCUT2D eigenvalue weighted by Crippen LogP contribution is 2.05. The third kappa shape index (κ3) is 3.80. The number of carbonyl (C=O) groups excluding carboxylic acids is 1. The van der Waals surface area contributed by atoms with Crippen molar-refractivity contribution in [1.29, 1.82) is 0 Å². The Labute approximate surface area is 101 Å². The number of pyridine rings is 1. The summed E-state index contributed by atoms with van der Waals surface area (Å²) >= 11 is 0. The number of amides is 1. The second kappa shape index (κ2) is 6.32. The molecule has 0 unspecified atom stereocenters. The van der Waals surface area contributed by atoms with Crippen molar-refractivity contribution in [2.75, 3.05) is 6.61 Å². The number of aliphatic hydroxyl groups is 1. The van der Waals surface area contributed by atoms with Gasteiger partial charge in [0.15, 0.2) is 0 Å². The van der Waals surface area contributed by atoms with E-state index in [4.69, 9.17) is 10.8 Å². The van der Waals surface area contributed by atoms with Crippen molar-refractivity contribution in [3.8, 4) is 0 Å². The molecular weight excluding hydrogens is 218 g/mol. The number of nitrogens with zero attached hydrogens (tertiary/aromatic N) is 1. The van der Waals surface area contributed by atoms with Crippen molar-refractivity contribution in [1.82, 2.24) is 10.3 Å². The maximum Gasteiger partial charge on any atom is 0.251 e. The molecule has 0 fully saturated rings. The average Bonchev–Trinajstić information content (AvgIpc) is 2.35. The van der Waals surface area contributed by atoms with Crippen molar-refractivity contribution in [2.45, 2.75) is 26.4 Å². The minimum atomic E-state index is -0.239. The first-order valence-corrected chi connectivity index (χ1v) is 5.65. The van der Waals surface area contributed by atoms with Crippen molar-refractivity contribution in [3.63, 3.8) is 0 Å². The molecule has 4 N–H and O–H groups in total. The predicted octanol–water partition coefficient (Wildman–Crippen LogP) is 0.287. The fourth-order valence-corrected chi connectivity index (χ4v) is 1.41. The molecule has 0 radical (unpaired) electrons. The van der Waals surface area contributed by atoms with Gasteiger partial charge in [-0.2, -0.15) is 0 Å². The van der Waals surface area contributed by atoms with E-state index in [1.807, 2.05) is 13.8 Å². The molecule has 1 heterocycles. The van der Waals surface area contributed by atoms with Gasteiger partial charge in [-0.15, -0.1) is 0 Å². The number of hydrogen-bond acceptors (Lipinski definition) is 4. The summed E-state index contributed by atoms with van der Waals surface area (Å²) < 4.78 is 0. The van der Waals surface area contributed by atoms with Crippen molar-refractivity contribution in [3.05, 3.63) is 29.6 Å². The number of rotatable bonds is 5. The molecule has 5 heteroatoms. The van der Waals surface area contributed by atoms with E-state index in [-0.39, 0.29) is 24.5 Å². The smallest absolute Gasteiger partial charge is 0.251 e. The largest absolute Gasteiger partial charge is 0.394 e. The monoisotopic (exact) mass is 237 g/mol. The molecule has 0 saturated heterocycles. The molecule has 0 bridgehead atoms. The third-order valence-corrected chi connectivity index (χ3v) is 2.61. The van der Waals surface area contributed by atoms with E-state index in [0.29, 0.717) is 17.8 Å². The van der Waals surface area contributed by atoms with Crippen LogP contribution in [0.2, 0.25) is 0 Å². The molecule has 1 atom stereocenters. The maximum absolute atomic E-state index is 11.9. The number of nitrogens with two attached hydrogens (primary N) is 1. The second-order valence-corrected chi connectivity index (χ2v) is 4.25. The zero-order valence-electron chi connectivity index (χ0n) is 10.2. The first-order valence-electron chi connectivity index (χ1n) is 5.65. The Bertz CT molecular complexity index is 380. The molecule has 1 amide bonds. The van der Waals surface area contributed by atoms with Gasteiger partial charge in [-0.05, 0) is 18.1 Å². The lowest BCUT2D eigenvalue weighted by atomic mass is 10.0. The first kappa shape index (κ1) is 13.6. The summed E-state index contributed by atoms with van der Waals surface area (Å²) in [6, 6.07) is 3.05. The molecule has 1 aromatic heterocycles. The van der Waals surface area contributed by atoms with Crippen LogP contribution in [-0.4, -0.2) is 28.6 Å². The number of nitrogens with one attached hydrogen (secondary N) is 1. The van der Waals surface area contributed by atoms with E-state index in [2.05, 4.69) is 10.3 Å². The standard InChI is InChI=1S/C12H19N3O2/c1-8(2)11(7-16)15-12(17)9-3-4-14-10(5-9)6-13/h3-5,8,11,16H,6-7,13H2,1-2H3,(H,15,17)/t11-/m1/s1. The van der Waals surface area contributed by atoms with Crippen LogP contribution < -0.4 is 11.1 Å². The van der Waals surface area contributed by atoms with E-state index < -0.39 is 0 Å². The summed E-state index contributed by atoms with van der Waals surface area (Å²) in [7, 11) is 0. The zero-order chi connectivity index (χ0) is 12.8. The van der Waals surface area contributed by atoms with Gasteiger partial charge in [-0.1, -0.05) is 13.8 Å².